The van der Waals surface area contributed by atoms with Crippen LogP contribution in [0.5, 0.6) is 0 Å². The first-order chi connectivity index (χ1) is 9.96. The monoisotopic (exact) mass is 281 g/mol. The summed E-state index contributed by atoms with van der Waals surface area (Å²) in [5.41, 5.74) is 6.29. The van der Waals surface area contributed by atoms with Crippen molar-refractivity contribution in [2.75, 3.05) is 7.11 Å². The van der Waals surface area contributed by atoms with Crippen LogP contribution in [0.4, 0.5) is 0 Å². The van der Waals surface area contributed by atoms with Crippen LogP contribution in [0, 0.1) is 0 Å². The molecule has 1 atom stereocenters. The molecule has 0 bridgehead atoms. The summed E-state index contributed by atoms with van der Waals surface area (Å²) < 4.78 is 4.70. The molecule has 2 rings (SSSR count). The highest BCUT2D eigenvalue weighted by atomic mass is 16.5. The molecule has 0 aliphatic heterocycles. The van der Waals surface area contributed by atoms with Gasteiger partial charge < -0.3 is 10.5 Å². The molecule has 0 radical (unpaired) electrons. The second kappa shape index (κ2) is 5.94. The molecule has 0 unspecified atom stereocenters. The van der Waals surface area contributed by atoms with E-state index in [4.69, 9.17) is 10.5 Å². The number of esters is 1. The number of ether oxygens (including phenoxy) is 1. The van der Waals surface area contributed by atoms with E-state index in [0.29, 0.717) is 5.57 Å². The van der Waals surface area contributed by atoms with Crippen LogP contribution in [0.15, 0.2) is 60.7 Å². The summed E-state index contributed by atoms with van der Waals surface area (Å²) in [4.78, 5) is 11.7. The highest BCUT2D eigenvalue weighted by molar-refractivity contribution is 5.91. The summed E-state index contributed by atoms with van der Waals surface area (Å²) in [7, 11) is 1.31. The van der Waals surface area contributed by atoms with Gasteiger partial charge in [-0.3, -0.25) is 0 Å². The molecule has 0 saturated heterocycles. The minimum absolute atomic E-state index is 0.502. The Labute approximate surface area is 124 Å². The fourth-order valence-electron chi connectivity index (χ4n) is 2.10. The average Bonchev–Trinajstić information content (AvgIpc) is 2.51. The Balaban J connectivity index is 2.32. The van der Waals surface area contributed by atoms with Crippen LogP contribution >= 0.6 is 0 Å². The van der Waals surface area contributed by atoms with Crippen molar-refractivity contribution >= 4 is 22.8 Å². The molecule has 0 spiro atoms. The summed E-state index contributed by atoms with van der Waals surface area (Å²) >= 11 is 0. The highest BCUT2D eigenvalue weighted by Crippen LogP contribution is 2.22. The van der Waals surface area contributed by atoms with Gasteiger partial charge in [0.05, 0.1) is 7.11 Å². The Hall–Kier alpha value is -2.39. The largest absolute Gasteiger partial charge is 0.467 e. The summed E-state index contributed by atoms with van der Waals surface area (Å²) in [6.45, 7) is 5.47. The maximum atomic E-state index is 11.7. The van der Waals surface area contributed by atoms with Gasteiger partial charge in [-0.1, -0.05) is 61.2 Å². The first kappa shape index (κ1) is 15.0. The van der Waals surface area contributed by atoms with Crippen LogP contribution in [-0.4, -0.2) is 18.6 Å². The lowest BCUT2D eigenvalue weighted by molar-refractivity contribution is -0.144. The summed E-state index contributed by atoms with van der Waals surface area (Å²) in [5, 5.41) is 2.30. The number of carbonyl (C=O) groups excluding carboxylic acids is 1. The lowest BCUT2D eigenvalue weighted by atomic mass is 9.93. The van der Waals surface area contributed by atoms with Gasteiger partial charge in [-0.2, -0.15) is 0 Å². The van der Waals surface area contributed by atoms with E-state index in [1.165, 1.54) is 7.11 Å². The van der Waals surface area contributed by atoms with Gasteiger partial charge in [0.2, 0.25) is 0 Å². The maximum absolute atomic E-state index is 11.7. The molecule has 2 N–H and O–H groups in total. The van der Waals surface area contributed by atoms with Gasteiger partial charge >= 0.3 is 5.97 Å². The SMILES string of the molecule is C=C(/C=C/c1cccc2ccccc12)[C@](C)(N)C(=O)OC. The lowest BCUT2D eigenvalue weighted by Crippen LogP contribution is -2.46. The lowest BCUT2D eigenvalue weighted by Gasteiger charge is -2.21. The molecule has 21 heavy (non-hydrogen) atoms. The van der Waals surface area contributed by atoms with E-state index in [1.807, 2.05) is 30.3 Å². The molecule has 108 valence electrons. The van der Waals surface area contributed by atoms with Gasteiger partial charge in [-0.15, -0.1) is 0 Å². The van der Waals surface area contributed by atoms with Crippen molar-refractivity contribution in [3.63, 3.8) is 0 Å². The molecule has 2 aromatic rings. The van der Waals surface area contributed by atoms with Gasteiger partial charge in [0.25, 0.3) is 0 Å². The van der Waals surface area contributed by atoms with Crippen molar-refractivity contribution in [3.8, 4) is 0 Å². The number of carbonyl (C=O) groups is 1. The standard InChI is InChI=1S/C18H19NO2/c1-13(18(2,19)17(20)21-3)11-12-15-9-6-8-14-7-4-5-10-16(14)15/h4-12H,1,19H2,2-3H3/b12-11+/t18-/m0/s1. The minimum atomic E-state index is -1.23. The Morgan fingerprint density at radius 3 is 2.62 bits per heavy atom. The zero-order chi connectivity index (χ0) is 15.5. The zero-order valence-electron chi connectivity index (χ0n) is 12.3. The average molecular weight is 281 g/mol. The molecule has 2 aromatic carbocycles. The molecule has 0 aliphatic rings. The third kappa shape index (κ3) is 3.03. The third-order valence-electron chi connectivity index (χ3n) is 3.56. The van der Waals surface area contributed by atoms with Crippen molar-refractivity contribution in [2.24, 2.45) is 5.73 Å². The van der Waals surface area contributed by atoms with Gasteiger partial charge in [0, 0.05) is 0 Å². The van der Waals surface area contributed by atoms with Crippen LogP contribution in [0.2, 0.25) is 0 Å². The molecule has 0 fully saturated rings. The number of nitrogens with two attached hydrogens (primary N) is 1. The Kier molecular flexibility index (Phi) is 4.24. The van der Waals surface area contributed by atoms with Crippen LogP contribution < -0.4 is 5.73 Å². The Bertz CT molecular complexity index is 709. The number of methoxy groups -OCH3 is 1. The van der Waals surface area contributed by atoms with E-state index in [-0.39, 0.29) is 0 Å². The molecular formula is C18H19NO2. The van der Waals surface area contributed by atoms with E-state index in [9.17, 15) is 4.79 Å². The molecule has 0 aromatic heterocycles. The molecule has 3 nitrogen and oxygen atoms in total. The first-order valence-electron chi connectivity index (χ1n) is 6.69. The topological polar surface area (TPSA) is 52.3 Å². The summed E-state index contributed by atoms with van der Waals surface area (Å²) in [6, 6.07) is 14.2. The number of hydrogen-bond donors (Lipinski definition) is 1. The van der Waals surface area contributed by atoms with Crippen LogP contribution in [-0.2, 0) is 9.53 Å². The number of benzene rings is 2. The summed E-state index contributed by atoms with van der Waals surface area (Å²) in [5.74, 6) is -0.505. The quantitative estimate of drug-likeness (QED) is 0.691. The highest BCUT2D eigenvalue weighted by Gasteiger charge is 2.31. The second-order valence-corrected chi connectivity index (χ2v) is 5.12. The van der Waals surface area contributed by atoms with E-state index < -0.39 is 11.5 Å². The van der Waals surface area contributed by atoms with Crippen molar-refractivity contribution in [1.82, 2.24) is 0 Å². The Morgan fingerprint density at radius 2 is 1.90 bits per heavy atom. The van der Waals surface area contributed by atoms with Crippen molar-refractivity contribution in [1.29, 1.82) is 0 Å². The fraction of sp³-hybridized carbons (Fsp3) is 0.167. The predicted octanol–water partition coefficient (Wildman–Crippen LogP) is 3.30. The van der Waals surface area contributed by atoms with Gasteiger partial charge in [0.1, 0.15) is 5.54 Å². The van der Waals surface area contributed by atoms with Crippen molar-refractivity contribution in [3.05, 3.63) is 66.3 Å². The zero-order valence-corrected chi connectivity index (χ0v) is 12.3. The molecular weight excluding hydrogens is 262 g/mol. The van der Waals surface area contributed by atoms with Gasteiger partial charge in [-0.05, 0) is 28.8 Å². The molecule has 0 amide bonds. The smallest absolute Gasteiger partial charge is 0.330 e. The van der Waals surface area contributed by atoms with Gasteiger partial charge in [0.15, 0.2) is 0 Å². The molecule has 0 heterocycles. The minimum Gasteiger partial charge on any atom is -0.467 e. The number of rotatable bonds is 4. The molecule has 0 saturated carbocycles. The first-order valence-corrected chi connectivity index (χ1v) is 6.69. The Morgan fingerprint density at radius 1 is 1.24 bits per heavy atom. The maximum Gasteiger partial charge on any atom is 0.330 e. The normalized spacial score (nSPS) is 14.0. The molecule has 3 heteroatoms. The fourth-order valence-corrected chi connectivity index (χ4v) is 2.10. The number of hydrogen-bond acceptors (Lipinski definition) is 3. The predicted molar refractivity (Wildman–Crippen MR) is 86.7 cm³/mol. The van der Waals surface area contributed by atoms with Crippen molar-refractivity contribution < 1.29 is 9.53 Å². The van der Waals surface area contributed by atoms with Crippen LogP contribution in [0.3, 0.4) is 0 Å². The van der Waals surface area contributed by atoms with E-state index in [0.717, 1.165) is 16.3 Å². The summed E-state index contributed by atoms with van der Waals surface area (Å²) in [6.07, 6.45) is 3.68. The van der Waals surface area contributed by atoms with Crippen LogP contribution in [0.25, 0.3) is 16.8 Å². The van der Waals surface area contributed by atoms with E-state index in [2.05, 4.69) is 24.8 Å². The second-order valence-electron chi connectivity index (χ2n) is 5.12. The van der Waals surface area contributed by atoms with Crippen molar-refractivity contribution in [2.45, 2.75) is 12.5 Å². The van der Waals surface area contributed by atoms with Gasteiger partial charge in [-0.25, -0.2) is 4.79 Å². The third-order valence-corrected chi connectivity index (χ3v) is 3.56. The van der Waals surface area contributed by atoms with E-state index in [1.54, 1.807) is 13.0 Å². The van der Waals surface area contributed by atoms with E-state index >= 15 is 0 Å². The molecule has 0 aliphatic carbocycles. The van der Waals surface area contributed by atoms with Crippen LogP contribution in [0.1, 0.15) is 12.5 Å². The number of fused-ring (bicyclic) bond motifs is 1.